The number of rotatable bonds is 7. The molecular formula is C19H20BrN3O4S. The highest BCUT2D eigenvalue weighted by Crippen LogP contribution is 2.25. The summed E-state index contributed by atoms with van der Waals surface area (Å²) in [6.45, 7) is 0.202. The third kappa shape index (κ3) is 4.98. The Labute approximate surface area is 172 Å². The second kappa shape index (κ2) is 8.42. The number of hydrogen-bond donors (Lipinski definition) is 3. The van der Waals surface area contributed by atoms with Crippen LogP contribution in [0.1, 0.15) is 39.1 Å². The summed E-state index contributed by atoms with van der Waals surface area (Å²) in [5, 5.41) is 5.31. The van der Waals surface area contributed by atoms with E-state index in [4.69, 9.17) is 0 Å². The molecule has 0 unspecified atom stereocenters. The number of carbonyl (C=O) groups excluding carboxylic acids is 2. The van der Waals surface area contributed by atoms with Crippen molar-refractivity contribution < 1.29 is 18.0 Å². The quantitative estimate of drug-likeness (QED) is 0.582. The molecule has 0 atom stereocenters. The van der Waals surface area contributed by atoms with Gasteiger partial charge in [-0.25, -0.2) is 13.1 Å². The first-order valence-corrected chi connectivity index (χ1v) is 11.0. The van der Waals surface area contributed by atoms with Crippen molar-refractivity contribution >= 4 is 37.8 Å². The Hall–Kier alpha value is -2.23. The van der Waals surface area contributed by atoms with Gasteiger partial charge >= 0.3 is 0 Å². The van der Waals surface area contributed by atoms with E-state index in [9.17, 15) is 18.0 Å². The molecule has 1 aliphatic rings. The molecule has 0 saturated heterocycles. The van der Waals surface area contributed by atoms with Crippen LogP contribution in [0.15, 0.2) is 51.8 Å². The van der Waals surface area contributed by atoms with Gasteiger partial charge in [0.1, 0.15) is 0 Å². The third-order valence-corrected chi connectivity index (χ3v) is 6.47. The fourth-order valence-electron chi connectivity index (χ4n) is 2.58. The fraction of sp³-hybridized carbons (Fsp3) is 0.263. The molecule has 28 heavy (non-hydrogen) atoms. The zero-order chi connectivity index (χ0) is 20.3. The van der Waals surface area contributed by atoms with E-state index in [1.165, 1.54) is 12.1 Å². The highest BCUT2D eigenvalue weighted by Gasteiger charge is 2.28. The molecule has 2 aromatic rings. The number of sulfonamides is 1. The van der Waals surface area contributed by atoms with E-state index in [0.717, 1.165) is 18.4 Å². The molecule has 0 radical (unpaired) electrons. The lowest BCUT2D eigenvalue weighted by atomic mass is 10.1. The molecule has 0 spiro atoms. The van der Waals surface area contributed by atoms with Crippen LogP contribution in [0, 0.1) is 0 Å². The molecule has 0 heterocycles. The Kier molecular flexibility index (Phi) is 6.17. The Morgan fingerprint density at radius 2 is 1.86 bits per heavy atom. The summed E-state index contributed by atoms with van der Waals surface area (Å²) in [6.07, 6.45) is 1.66. The summed E-state index contributed by atoms with van der Waals surface area (Å²) in [5.74, 6) is -0.627. The molecule has 3 rings (SSSR count). The smallest absolute Gasteiger partial charge is 0.252 e. The number of nitrogens with one attached hydrogen (secondary N) is 3. The third-order valence-electron chi connectivity index (χ3n) is 4.26. The molecule has 3 N–H and O–H groups in total. The van der Waals surface area contributed by atoms with E-state index >= 15 is 0 Å². The molecule has 0 bridgehead atoms. The van der Waals surface area contributed by atoms with Crippen LogP contribution in [0.5, 0.6) is 0 Å². The summed E-state index contributed by atoms with van der Waals surface area (Å²) < 4.78 is 27.9. The zero-order valence-electron chi connectivity index (χ0n) is 15.2. The molecule has 0 aromatic heterocycles. The molecule has 1 saturated carbocycles. The van der Waals surface area contributed by atoms with Gasteiger partial charge < -0.3 is 10.6 Å². The predicted molar refractivity (Wildman–Crippen MR) is 108 cm³/mol. The second-order valence-electron chi connectivity index (χ2n) is 6.50. The van der Waals surface area contributed by atoms with Crippen LogP contribution in [-0.2, 0) is 16.6 Å². The van der Waals surface area contributed by atoms with Crippen molar-refractivity contribution in [3.05, 3.63) is 63.6 Å². The average Bonchev–Trinajstić information content (AvgIpc) is 3.49. The summed E-state index contributed by atoms with van der Waals surface area (Å²) in [4.78, 5) is 24.4. The molecule has 2 amide bonds. The van der Waals surface area contributed by atoms with Crippen LogP contribution in [0.4, 0.5) is 0 Å². The van der Waals surface area contributed by atoms with Crippen LogP contribution in [0.25, 0.3) is 0 Å². The Morgan fingerprint density at radius 1 is 1.11 bits per heavy atom. The first kappa shape index (κ1) is 20.5. The fourth-order valence-corrected chi connectivity index (χ4v) is 4.34. The van der Waals surface area contributed by atoms with E-state index in [1.807, 2.05) is 0 Å². The van der Waals surface area contributed by atoms with Gasteiger partial charge in [0.05, 0.1) is 10.5 Å². The van der Waals surface area contributed by atoms with Gasteiger partial charge in [0, 0.05) is 29.7 Å². The monoisotopic (exact) mass is 465 g/mol. The lowest BCUT2D eigenvalue weighted by Crippen LogP contribution is -2.27. The lowest BCUT2D eigenvalue weighted by molar-refractivity contribution is 0.0947. The number of carbonyl (C=O) groups is 2. The van der Waals surface area contributed by atoms with Crippen LogP contribution in [0.3, 0.4) is 0 Å². The van der Waals surface area contributed by atoms with Crippen molar-refractivity contribution in [2.45, 2.75) is 30.3 Å². The second-order valence-corrected chi connectivity index (χ2v) is 9.07. The van der Waals surface area contributed by atoms with E-state index in [-0.39, 0.29) is 29.0 Å². The van der Waals surface area contributed by atoms with Gasteiger partial charge in [-0.3, -0.25) is 9.59 Å². The van der Waals surface area contributed by atoms with Crippen LogP contribution >= 0.6 is 15.9 Å². The maximum Gasteiger partial charge on any atom is 0.252 e. The topological polar surface area (TPSA) is 104 Å². The SMILES string of the molecule is CNC(=O)c1cccc(CNC(=O)c2cc(S(=O)(=O)NC3CC3)ccc2Br)c1. The van der Waals surface area contributed by atoms with Gasteiger partial charge in [0.25, 0.3) is 11.8 Å². The van der Waals surface area contributed by atoms with Gasteiger partial charge in [-0.05, 0) is 64.7 Å². The lowest BCUT2D eigenvalue weighted by Gasteiger charge is -2.11. The Balaban J connectivity index is 1.74. The summed E-state index contributed by atoms with van der Waals surface area (Å²) >= 11 is 3.30. The highest BCUT2D eigenvalue weighted by atomic mass is 79.9. The van der Waals surface area contributed by atoms with Crippen molar-refractivity contribution in [2.75, 3.05) is 7.05 Å². The van der Waals surface area contributed by atoms with Crippen molar-refractivity contribution in [2.24, 2.45) is 0 Å². The molecule has 1 fully saturated rings. The molecule has 2 aromatic carbocycles. The van der Waals surface area contributed by atoms with Gasteiger partial charge in [-0.2, -0.15) is 0 Å². The van der Waals surface area contributed by atoms with E-state index in [1.54, 1.807) is 37.4 Å². The summed E-state index contributed by atoms with van der Waals surface area (Å²) in [7, 11) is -2.10. The summed E-state index contributed by atoms with van der Waals surface area (Å²) in [5.41, 5.74) is 1.47. The summed E-state index contributed by atoms with van der Waals surface area (Å²) in [6, 6.07) is 11.2. The average molecular weight is 466 g/mol. The van der Waals surface area contributed by atoms with E-state index in [0.29, 0.717) is 10.0 Å². The number of benzene rings is 2. The minimum absolute atomic E-state index is 0.0153. The van der Waals surface area contributed by atoms with Crippen LogP contribution < -0.4 is 15.4 Å². The molecule has 1 aliphatic carbocycles. The van der Waals surface area contributed by atoms with Crippen molar-refractivity contribution in [1.82, 2.24) is 15.4 Å². The molecular weight excluding hydrogens is 446 g/mol. The van der Waals surface area contributed by atoms with E-state index < -0.39 is 15.9 Å². The standard InChI is InChI=1S/C19H20BrN3O4S/c1-21-18(24)13-4-2-3-12(9-13)11-22-19(25)16-10-15(7-8-17(16)20)28(26,27)23-14-5-6-14/h2-4,7-10,14,23H,5-6,11H2,1H3,(H,21,24)(H,22,25). The van der Waals surface area contributed by atoms with Gasteiger partial charge in [-0.15, -0.1) is 0 Å². The predicted octanol–water partition coefficient (Wildman–Crippen LogP) is 2.18. The molecule has 0 aliphatic heterocycles. The maximum absolute atomic E-state index is 12.6. The first-order valence-electron chi connectivity index (χ1n) is 8.71. The molecule has 148 valence electrons. The van der Waals surface area contributed by atoms with Crippen molar-refractivity contribution in [3.8, 4) is 0 Å². The Morgan fingerprint density at radius 3 is 2.54 bits per heavy atom. The minimum Gasteiger partial charge on any atom is -0.355 e. The number of hydrogen-bond acceptors (Lipinski definition) is 4. The number of amides is 2. The van der Waals surface area contributed by atoms with Crippen LogP contribution in [0.2, 0.25) is 0 Å². The normalized spacial score (nSPS) is 13.8. The van der Waals surface area contributed by atoms with Crippen molar-refractivity contribution in [1.29, 1.82) is 0 Å². The first-order chi connectivity index (χ1) is 13.3. The van der Waals surface area contributed by atoms with Gasteiger partial charge in [0.15, 0.2) is 0 Å². The molecule has 7 nitrogen and oxygen atoms in total. The number of halogens is 1. The largest absolute Gasteiger partial charge is 0.355 e. The Bertz CT molecular complexity index is 1020. The van der Waals surface area contributed by atoms with Crippen molar-refractivity contribution in [3.63, 3.8) is 0 Å². The van der Waals surface area contributed by atoms with E-state index in [2.05, 4.69) is 31.3 Å². The zero-order valence-corrected chi connectivity index (χ0v) is 17.6. The molecule has 9 heteroatoms. The van der Waals surface area contributed by atoms with Gasteiger partial charge in [0.2, 0.25) is 10.0 Å². The van der Waals surface area contributed by atoms with Gasteiger partial charge in [-0.1, -0.05) is 12.1 Å². The highest BCUT2D eigenvalue weighted by molar-refractivity contribution is 9.10. The maximum atomic E-state index is 12.6. The van der Waals surface area contributed by atoms with Crippen LogP contribution in [-0.4, -0.2) is 33.3 Å². The minimum atomic E-state index is -3.65.